The van der Waals surface area contributed by atoms with Gasteiger partial charge < -0.3 is 30.9 Å². The Bertz CT molecular complexity index is 1130. The summed E-state index contributed by atoms with van der Waals surface area (Å²) in [7, 11) is 1.50. The van der Waals surface area contributed by atoms with Gasteiger partial charge in [0.15, 0.2) is 11.3 Å². The molecule has 2 aromatic heterocycles. The highest BCUT2D eigenvalue weighted by atomic mass is 19.1. The third kappa shape index (κ3) is 7.00. The van der Waals surface area contributed by atoms with Gasteiger partial charge in [-0.05, 0) is 38.0 Å². The number of aliphatic hydroxyl groups excluding tert-OH is 1. The average Bonchev–Trinajstić information content (AvgIpc) is 3.19. The number of methoxy groups -OCH3 is 1. The third-order valence-corrected chi connectivity index (χ3v) is 5.50. The second-order valence-corrected chi connectivity index (χ2v) is 9.20. The molecule has 0 aliphatic heterocycles. The van der Waals surface area contributed by atoms with E-state index in [2.05, 4.69) is 27.3 Å². The first-order valence-corrected chi connectivity index (χ1v) is 11.8. The minimum absolute atomic E-state index is 0.0325. The van der Waals surface area contributed by atoms with Crippen LogP contribution in [0.25, 0.3) is 11.0 Å². The fraction of sp³-hybridized carbons (Fsp3) is 0.542. The summed E-state index contributed by atoms with van der Waals surface area (Å²) in [4.78, 5) is 10.6. The van der Waals surface area contributed by atoms with Crippen molar-refractivity contribution in [2.24, 2.45) is 0 Å². The number of fused-ring (bicyclic) bond motifs is 1. The summed E-state index contributed by atoms with van der Waals surface area (Å²) in [6.45, 7) is 7.43. The van der Waals surface area contributed by atoms with Crippen LogP contribution in [0.2, 0.25) is 0 Å². The topological polar surface area (TPSA) is 135 Å². The van der Waals surface area contributed by atoms with Gasteiger partial charge in [0.1, 0.15) is 17.1 Å². The molecule has 0 fully saturated rings. The predicted molar refractivity (Wildman–Crippen MR) is 134 cm³/mol. The van der Waals surface area contributed by atoms with Gasteiger partial charge in [-0.2, -0.15) is 10.1 Å². The molecule has 0 saturated heterocycles. The van der Waals surface area contributed by atoms with Crippen LogP contribution in [0.5, 0.6) is 5.75 Å². The Morgan fingerprint density at radius 1 is 1.26 bits per heavy atom. The number of nitrogens with one attached hydrogen (secondary N) is 1. The van der Waals surface area contributed by atoms with Crippen molar-refractivity contribution >= 4 is 22.8 Å². The number of unbranched alkanes of at least 4 members (excludes halogenated alkanes) is 1. The van der Waals surface area contributed by atoms with Crippen LogP contribution >= 0.6 is 0 Å². The second kappa shape index (κ2) is 11.6. The number of aliphatic hydroxyl groups is 2. The van der Waals surface area contributed by atoms with Crippen LogP contribution in [-0.4, -0.2) is 68.9 Å². The Morgan fingerprint density at radius 2 is 2.03 bits per heavy atom. The van der Waals surface area contributed by atoms with Crippen LogP contribution in [0.4, 0.5) is 16.2 Å². The molecule has 0 spiro atoms. The van der Waals surface area contributed by atoms with E-state index < -0.39 is 11.4 Å². The molecule has 0 unspecified atom stereocenters. The Labute approximate surface area is 204 Å². The maximum Gasteiger partial charge on any atom is 0.222 e. The van der Waals surface area contributed by atoms with Crippen molar-refractivity contribution < 1.29 is 19.3 Å². The number of aromatic nitrogens is 4. The van der Waals surface area contributed by atoms with E-state index in [0.29, 0.717) is 59.9 Å². The maximum atomic E-state index is 15.1. The highest BCUT2D eigenvalue weighted by Gasteiger charge is 2.19. The van der Waals surface area contributed by atoms with Crippen molar-refractivity contribution in [3.8, 4) is 5.75 Å². The van der Waals surface area contributed by atoms with Gasteiger partial charge in [0.25, 0.3) is 0 Å². The normalized spacial score (nSPS) is 11.9. The first-order chi connectivity index (χ1) is 16.6. The molecule has 0 aliphatic rings. The Morgan fingerprint density at radius 3 is 2.69 bits per heavy atom. The number of nitrogens with two attached hydrogens (primary N) is 1. The Kier molecular flexibility index (Phi) is 8.82. The lowest BCUT2D eigenvalue weighted by molar-refractivity contribution is 0.0795. The lowest BCUT2D eigenvalue weighted by atomic mass is 10.1. The summed E-state index contributed by atoms with van der Waals surface area (Å²) in [6.07, 6.45) is 3.61. The number of halogens is 1. The summed E-state index contributed by atoms with van der Waals surface area (Å²) in [6, 6.07) is 3.23. The van der Waals surface area contributed by atoms with Gasteiger partial charge in [-0.1, -0.05) is 13.3 Å². The molecule has 0 saturated carbocycles. The van der Waals surface area contributed by atoms with Gasteiger partial charge >= 0.3 is 0 Å². The number of nitrogen functional groups attached to an aromatic ring is 1. The standard InChI is InChI=1S/C24H36FN7O3/c1-5-6-7-31(8-9-33)22-21-19(28-23(26)29-22)14-32(30-21)13-17-18(25)10-16(11-20(17)35-4)12-27-15-24(2,3)34/h10-11,14,27,33-34H,5-9,12-13,15H2,1-4H3,(H2,26,28). The van der Waals surface area contributed by atoms with E-state index in [-0.39, 0.29) is 19.1 Å². The summed E-state index contributed by atoms with van der Waals surface area (Å²) >= 11 is 0. The molecule has 5 N–H and O–H groups in total. The number of benzene rings is 1. The van der Waals surface area contributed by atoms with Crippen LogP contribution in [0.15, 0.2) is 18.3 Å². The summed E-state index contributed by atoms with van der Waals surface area (Å²) in [5.74, 6) is 0.646. The van der Waals surface area contributed by atoms with Gasteiger partial charge in [-0.15, -0.1) is 0 Å². The fourth-order valence-corrected chi connectivity index (χ4v) is 3.83. The molecule has 0 amide bonds. The largest absolute Gasteiger partial charge is 0.496 e. The van der Waals surface area contributed by atoms with Gasteiger partial charge in [-0.3, -0.25) is 4.68 Å². The molecule has 35 heavy (non-hydrogen) atoms. The second-order valence-electron chi connectivity index (χ2n) is 9.20. The molecule has 192 valence electrons. The molecule has 11 heteroatoms. The zero-order valence-electron chi connectivity index (χ0n) is 20.9. The van der Waals surface area contributed by atoms with Crippen molar-refractivity contribution in [3.05, 3.63) is 35.3 Å². The van der Waals surface area contributed by atoms with Gasteiger partial charge in [0.05, 0.1) is 37.6 Å². The van der Waals surface area contributed by atoms with Crippen molar-refractivity contribution in [1.29, 1.82) is 0 Å². The summed E-state index contributed by atoms with van der Waals surface area (Å²) in [5, 5.41) is 27.1. The van der Waals surface area contributed by atoms with E-state index in [1.54, 1.807) is 30.8 Å². The van der Waals surface area contributed by atoms with Crippen molar-refractivity contribution in [2.45, 2.75) is 52.3 Å². The van der Waals surface area contributed by atoms with E-state index in [1.807, 2.05) is 4.90 Å². The van der Waals surface area contributed by atoms with Gasteiger partial charge in [-0.25, -0.2) is 9.37 Å². The van der Waals surface area contributed by atoms with Crippen LogP contribution in [0.3, 0.4) is 0 Å². The molecule has 0 aliphatic carbocycles. The third-order valence-electron chi connectivity index (χ3n) is 5.50. The molecule has 2 heterocycles. The number of anilines is 2. The number of nitrogens with zero attached hydrogens (tertiary/aromatic N) is 5. The first kappa shape index (κ1) is 26.6. The quantitative estimate of drug-likeness (QED) is 0.285. The fourth-order valence-electron chi connectivity index (χ4n) is 3.83. The summed E-state index contributed by atoms with van der Waals surface area (Å²) < 4.78 is 22.2. The molecule has 1 aromatic carbocycles. The molecule has 3 rings (SSSR count). The van der Waals surface area contributed by atoms with E-state index in [4.69, 9.17) is 10.5 Å². The number of rotatable bonds is 13. The zero-order valence-corrected chi connectivity index (χ0v) is 20.9. The van der Waals surface area contributed by atoms with Gasteiger partial charge in [0, 0.05) is 26.2 Å². The van der Waals surface area contributed by atoms with Crippen molar-refractivity contribution in [1.82, 2.24) is 25.1 Å². The molecule has 0 atom stereocenters. The summed E-state index contributed by atoms with van der Waals surface area (Å²) in [5.41, 5.74) is 7.23. The number of hydrogen-bond donors (Lipinski definition) is 4. The lowest BCUT2D eigenvalue weighted by Crippen LogP contribution is -2.34. The maximum absolute atomic E-state index is 15.1. The minimum atomic E-state index is -0.862. The minimum Gasteiger partial charge on any atom is -0.496 e. The van der Waals surface area contributed by atoms with Crippen LogP contribution < -0.4 is 20.7 Å². The smallest absolute Gasteiger partial charge is 0.222 e. The molecule has 0 radical (unpaired) electrons. The van der Waals surface area contributed by atoms with Crippen LogP contribution in [0.1, 0.15) is 44.7 Å². The Balaban J connectivity index is 1.90. The zero-order chi connectivity index (χ0) is 25.6. The van der Waals surface area contributed by atoms with E-state index in [9.17, 15) is 10.2 Å². The molecular formula is C24H36FN7O3. The highest BCUT2D eigenvalue weighted by Crippen LogP contribution is 2.27. The number of ether oxygens (including phenoxy) is 1. The molecular weight excluding hydrogens is 453 g/mol. The average molecular weight is 490 g/mol. The predicted octanol–water partition coefficient (Wildman–Crippen LogP) is 2.06. The number of hydrogen-bond acceptors (Lipinski definition) is 9. The SMILES string of the molecule is CCCCN(CCO)c1nc(N)nc2cn(Cc3c(F)cc(CNCC(C)(C)O)cc3OC)nc12. The molecule has 3 aromatic rings. The first-order valence-electron chi connectivity index (χ1n) is 11.8. The van der Waals surface area contributed by atoms with E-state index in [1.165, 1.54) is 13.2 Å². The Hall–Kier alpha value is -3.02. The van der Waals surface area contributed by atoms with Crippen LogP contribution in [-0.2, 0) is 13.1 Å². The van der Waals surface area contributed by atoms with Gasteiger partial charge in [0.2, 0.25) is 5.95 Å². The van der Waals surface area contributed by atoms with E-state index >= 15 is 4.39 Å². The monoisotopic (exact) mass is 489 g/mol. The van der Waals surface area contributed by atoms with Crippen molar-refractivity contribution in [3.63, 3.8) is 0 Å². The van der Waals surface area contributed by atoms with Crippen molar-refractivity contribution in [2.75, 3.05) is 44.0 Å². The highest BCUT2D eigenvalue weighted by molar-refractivity contribution is 5.86. The van der Waals surface area contributed by atoms with E-state index in [0.717, 1.165) is 12.8 Å². The lowest BCUT2D eigenvalue weighted by Gasteiger charge is -2.22. The molecule has 0 bridgehead atoms. The van der Waals surface area contributed by atoms with Crippen LogP contribution in [0, 0.1) is 5.82 Å². The molecule has 10 nitrogen and oxygen atoms in total.